The van der Waals surface area contributed by atoms with Gasteiger partial charge in [-0.3, -0.25) is 0 Å². The Balaban J connectivity index is 2.89. The molecule has 0 aliphatic carbocycles. The topological polar surface area (TPSA) is 0 Å². The molecule has 0 unspecified atom stereocenters. The summed E-state index contributed by atoms with van der Waals surface area (Å²) in [6.07, 6.45) is 14.0. The molecule has 0 aliphatic heterocycles. The highest BCUT2D eigenvalue weighted by Gasteiger charge is 1.95. The minimum absolute atomic E-state index is 0.860. The zero-order chi connectivity index (χ0) is 12.8. The van der Waals surface area contributed by atoms with Crippen molar-refractivity contribution in [3.63, 3.8) is 0 Å². The van der Waals surface area contributed by atoms with E-state index in [-0.39, 0.29) is 0 Å². The molecule has 0 rings (SSSR count). The molecular formula is C16H33S. The van der Waals surface area contributed by atoms with E-state index in [9.17, 15) is 0 Å². The molecule has 0 spiro atoms. The Bertz CT molecular complexity index is 131. The van der Waals surface area contributed by atoms with Crippen LogP contribution in [0.15, 0.2) is 0 Å². The van der Waals surface area contributed by atoms with Gasteiger partial charge in [0.05, 0.1) is 0 Å². The van der Waals surface area contributed by atoms with Crippen molar-refractivity contribution in [2.24, 2.45) is 5.92 Å². The molecule has 0 aromatic heterocycles. The van der Waals surface area contributed by atoms with E-state index >= 15 is 0 Å². The Morgan fingerprint density at radius 1 is 0.765 bits per heavy atom. The normalized spacial score (nSPS) is 11.3. The average molecular weight is 258 g/mol. The van der Waals surface area contributed by atoms with Crippen molar-refractivity contribution in [3.05, 3.63) is 6.92 Å². The van der Waals surface area contributed by atoms with E-state index in [2.05, 4.69) is 32.5 Å². The molecule has 17 heavy (non-hydrogen) atoms. The fourth-order valence-electron chi connectivity index (χ4n) is 1.94. The second kappa shape index (κ2) is 14.4. The number of rotatable bonds is 13. The predicted molar refractivity (Wildman–Crippen MR) is 83.7 cm³/mol. The Morgan fingerprint density at radius 3 is 1.71 bits per heavy atom. The van der Waals surface area contributed by atoms with Gasteiger partial charge in [-0.05, 0) is 23.8 Å². The highest BCUT2D eigenvalue weighted by molar-refractivity contribution is 7.99. The molecule has 0 saturated carbocycles. The summed E-state index contributed by atoms with van der Waals surface area (Å²) in [4.78, 5) is 0. The quantitative estimate of drug-likeness (QED) is 0.359. The lowest BCUT2D eigenvalue weighted by Gasteiger charge is -2.04. The van der Waals surface area contributed by atoms with Gasteiger partial charge in [0.2, 0.25) is 0 Å². The fourth-order valence-corrected chi connectivity index (χ4v) is 2.98. The summed E-state index contributed by atoms with van der Waals surface area (Å²) < 4.78 is 0. The lowest BCUT2D eigenvalue weighted by molar-refractivity contribution is 0.567. The smallest absolute Gasteiger partial charge is 0.00444 e. The van der Waals surface area contributed by atoms with Crippen molar-refractivity contribution < 1.29 is 0 Å². The van der Waals surface area contributed by atoms with E-state index in [1.807, 2.05) is 0 Å². The van der Waals surface area contributed by atoms with Crippen LogP contribution in [-0.4, -0.2) is 11.5 Å². The van der Waals surface area contributed by atoms with Gasteiger partial charge in [0.25, 0.3) is 0 Å². The lowest BCUT2D eigenvalue weighted by Crippen LogP contribution is -1.92. The zero-order valence-electron chi connectivity index (χ0n) is 12.2. The summed E-state index contributed by atoms with van der Waals surface area (Å²) in [5.74, 6) is 3.58. The van der Waals surface area contributed by atoms with Gasteiger partial charge in [-0.1, -0.05) is 78.6 Å². The largest absolute Gasteiger partial charge is 0.162 e. The molecule has 0 aliphatic rings. The maximum absolute atomic E-state index is 3.88. The maximum atomic E-state index is 3.88. The molecule has 0 fully saturated rings. The molecule has 1 heteroatoms. The van der Waals surface area contributed by atoms with Gasteiger partial charge in [-0.2, -0.15) is 11.8 Å². The van der Waals surface area contributed by atoms with Crippen LogP contribution in [0.5, 0.6) is 0 Å². The van der Waals surface area contributed by atoms with Gasteiger partial charge < -0.3 is 0 Å². The molecule has 103 valence electrons. The van der Waals surface area contributed by atoms with Crippen LogP contribution < -0.4 is 0 Å². The van der Waals surface area contributed by atoms with Crippen LogP contribution in [0.3, 0.4) is 0 Å². The van der Waals surface area contributed by atoms with Gasteiger partial charge in [0, 0.05) is 0 Å². The molecule has 0 heterocycles. The Kier molecular flexibility index (Phi) is 14.7. The van der Waals surface area contributed by atoms with E-state index < -0.39 is 0 Å². The van der Waals surface area contributed by atoms with Crippen LogP contribution in [0.25, 0.3) is 0 Å². The second-order valence-corrected chi connectivity index (χ2v) is 6.65. The number of unbranched alkanes of at least 4 members (excludes halogenated alkanes) is 9. The highest BCUT2D eigenvalue weighted by Crippen LogP contribution is 2.13. The second-order valence-electron chi connectivity index (χ2n) is 5.50. The van der Waals surface area contributed by atoms with E-state index in [4.69, 9.17) is 0 Å². The lowest BCUT2D eigenvalue weighted by atomic mass is 10.1. The van der Waals surface area contributed by atoms with Gasteiger partial charge in [0.15, 0.2) is 0 Å². The van der Waals surface area contributed by atoms with E-state index in [0.29, 0.717) is 0 Å². The highest BCUT2D eigenvalue weighted by atomic mass is 32.2. The summed E-state index contributed by atoms with van der Waals surface area (Å²) in [6, 6.07) is 0. The van der Waals surface area contributed by atoms with Crippen molar-refractivity contribution in [2.45, 2.75) is 78.1 Å². The Labute approximate surface area is 114 Å². The molecule has 0 aromatic carbocycles. The van der Waals surface area contributed by atoms with E-state index in [0.717, 1.165) is 12.3 Å². The van der Waals surface area contributed by atoms with Crippen molar-refractivity contribution in [1.82, 2.24) is 0 Å². The summed E-state index contributed by atoms with van der Waals surface area (Å²) in [6.45, 7) is 8.49. The summed E-state index contributed by atoms with van der Waals surface area (Å²) >= 11 is 2.13. The first-order valence-corrected chi connectivity index (χ1v) is 8.79. The third kappa shape index (κ3) is 16.4. The van der Waals surface area contributed by atoms with Crippen LogP contribution in [0.4, 0.5) is 0 Å². The molecular weight excluding hydrogens is 224 g/mol. The molecule has 0 atom stereocenters. The maximum Gasteiger partial charge on any atom is -0.00444 e. The van der Waals surface area contributed by atoms with Gasteiger partial charge >= 0.3 is 0 Å². The van der Waals surface area contributed by atoms with Crippen molar-refractivity contribution in [2.75, 3.05) is 11.5 Å². The summed E-state index contributed by atoms with van der Waals surface area (Å²) in [5, 5.41) is 0. The van der Waals surface area contributed by atoms with Crippen LogP contribution >= 0.6 is 11.8 Å². The van der Waals surface area contributed by atoms with E-state index in [1.165, 1.54) is 69.3 Å². The molecule has 0 amide bonds. The first-order valence-electron chi connectivity index (χ1n) is 7.64. The van der Waals surface area contributed by atoms with Crippen LogP contribution in [-0.2, 0) is 0 Å². The monoisotopic (exact) mass is 257 g/mol. The first-order chi connectivity index (χ1) is 8.27. The zero-order valence-corrected chi connectivity index (χ0v) is 13.0. The minimum atomic E-state index is 0.860. The van der Waals surface area contributed by atoms with Crippen LogP contribution in [0, 0.1) is 12.8 Å². The molecule has 0 N–H and O–H groups in total. The molecule has 0 aromatic rings. The van der Waals surface area contributed by atoms with Gasteiger partial charge in [-0.25, -0.2) is 0 Å². The van der Waals surface area contributed by atoms with E-state index in [1.54, 1.807) is 0 Å². The fraction of sp³-hybridized carbons (Fsp3) is 0.938. The minimum Gasteiger partial charge on any atom is -0.162 e. The van der Waals surface area contributed by atoms with Crippen molar-refractivity contribution >= 4 is 11.8 Å². The third-order valence-electron chi connectivity index (χ3n) is 2.99. The first kappa shape index (κ1) is 17.4. The Hall–Kier alpha value is 0.350. The number of hydrogen-bond acceptors (Lipinski definition) is 1. The summed E-state index contributed by atoms with van der Waals surface area (Å²) in [7, 11) is 0. The average Bonchev–Trinajstić information content (AvgIpc) is 2.30. The predicted octanol–water partition coefficient (Wildman–Crippen LogP) is 6.11. The van der Waals surface area contributed by atoms with Crippen molar-refractivity contribution in [3.8, 4) is 0 Å². The molecule has 0 saturated heterocycles. The molecule has 0 bridgehead atoms. The molecule has 1 radical (unpaired) electrons. The SMILES string of the molecule is [CH2]CCCCCCCCCCCSCC(C)C. The summed E-state index contributed by atoms with van der Waals surface area (Å²) in [5.41, 5.74) is 0. The van der Waals surface area contributed by atoms with Gasteiger partial charge in [0.1, 0.15) is 0 Å². The van der Waals surface area contributed by atoms with Crippen LogP contribution in [0.2, 0.25) is 0 Å². The van der Waals surface area contributed by atoms with Crippen LogP contribution in [0.1, 0.15) is 78.1 Å². The Morgan fingerprint density at radius 2 is 1.24 bits per heavy atom. The third-order valence-corrected chi connectivity index (χ3v) is 4.47. The number of hydrogen-bond donors (Lipinski definition) is 0. The van der Waals surface area contributed by atoms with Crippen molar-refractivity contribution in [1.29, 1.82) is 0 Å². The molecule has 0 nitrogen and oxygen atoms in total. The van der Waals surface area contributed by atoms with Gasteiger partial charge in [-0.15, -0.1) is 0 Å². The standard InChI is InChI=1S/C16H33S/c1-4-5-6-7-8-9-10-11-12-13-14-17-15-16(2)3/h16H,1,4-15H2,2-3H3. The number of thioether (sulfide) groups is 1.